The number of piperidine rings is 1. The summed E-state index contributed by atoms with van der Waals surface area (Å²) in [6, 6.07) is 0. The Kier molecular flexibility index (Phi) is 4.81. The van der Waals surface area contributed by atoms with Crippen LogP contribution < -0.4 is 5.32 Å². The lowest BCUT2D eigenvalue weighted by Crippen LogP contribution is -2.45. The molecule has 0 aromatic carbocycles. The van der Waals surface area contributed by atoms with Crippen LogP contribution in [0, 0.1) is 11.8 Å². The molecule has 19 heavy (non-hydrogen) atoms. The fourth-order valence-corrected chi connectivity index (χ4v) is 3.50. The molecule has 0 aliphatic carbocycles. The molecular formula is C12H22N2O4S. The first kappa shape index (κ1) is 14.7. The quantitative estimate of drug-likeness (QED) is 0.779. The highest BCUT2D eigenvalue weighted by atomic mass is 32.2. The number of hydrogen-bond donors (Lipinski definition) is 1. The maximum absolute atomic E-state index is 12.1. The lowest BCUT2D eigenvalue weighted by atomic mass is 9.98. The molecule has 0 spiro atoms. The van der Waals surface area contributed by atoms with Crippen molar-refractivity contribution in [2.24, 2.45) is 11.8 Å². The van der Waals surface area contributed by atoms with E-state index in [-0.39, 0.29) is 11.8 Å². The maximum Gasteiger partial charge on any atom is 0.224 e. The predicted octanol–water partition coefficient (Wildman–Crippen LogP) is -0.189. The van der Waals surface area contributed by atoms with E-state index < -0.39 is 10.0 Å². The topological polar surface area (TPSA) is 75.7 Å². The summed E-state index contributed by atoms with van der Waals surface area (Å²) in [4.78, 5) is 12.1. The van der Waals surface area contributed by atoms with Crippen molar-refractivity contribution in [3.05, 3.63) is 0 Å². The standard InChI is InChI=1S/C12H22N2O4S/c1-19(16,17)14-5-2-3-11(8-14)12(15)13-7-10-4-6-18-9-10/h10-11H,2-9H2,1H3,(H,13,15). The van der Waals surface area contributed by atoms with Crippen molar-refractivity contribution in [1.29, 1.82) is 0 Å². The van der Waals surface area contributed by atoms with Crippen LogP contribution in [0.3, 0.4) is 0 Å². The summed E-state index contributed by atoms with van der Waals surface area (Å²) in [5, 5.41) is 2.93. The molecule has 7 heteroatoms. The molecule has 1 N–H and O–H groups in total. The SMILES string of the molecule is CS(=O)(=O)N1CCCC(C(=O)NCC2CCOC2)C1. The molecule has 2 atom stereocenters. The minimum absolute atomic E-state index is 0.0275. The number of nitrogens with zero attached hydrogens (tertiary/aromatic N) is 1. The van der Waals surface area contributed by atoms with Gasteiger partial charge in [0.1, 0.15) is 0 Å². The first-order valence-electron chi connectivity index (χ1n) is 6.77. The second-order valence-corrected chi connectivity index (χ2v) is 7.42. The van der Waals surface area contributed by atoms with Gasteiger partial charge in [-0.2, -0.15) is 0 Å². The molecule has 2 rings (SSSR count). The van der Waals surface area contributed by atoms with E-state index in [0.29, 0.717) is 32.2 Å². The number of ether oxygens (including phenoxy) is 1. The summed E-state index contributed by atoms with van der Waals surface area (Å²) < 4.78 is 29.7. The number of carbonyl (C=O) groups excluding carboxylic acids is 1. The van der Waals surface area contributed by atoms with E-state index >= 15 is 0 Å². The molecule has 2 saturated heterocycles. The smallest absolute Gasteiger partial charge is 0.224 e. The number of nitrogens with one attached hydrogen (secondary N) is 1. The Hall–Kier alpha value is -0.660. The van der Waals surface area contributed by atoms with Crippen LogP contribution in [-0.2, 0) is 19.6 Å². The van der Waals surface area contributed by atoms with E-state index in [1.54, 1.807) is 0 Å². The van der Waals surface area contributed by atoms with Gasteiger partial charge < -0.3 is 10.1 Å². The van der Waals surface area contributed by atoms with E-state index in [4.69, 9.17) is 4.74 Å². The van der Waals surface area contributed by atoms with Gasteiger partial charge in [-0.25, -0.2) is 12.7 Å². The van der Waals surface area contributed by atoms with E-state index in [0.717, 1.165) is 25.9 Å². The number of rotatable bonds is 4. The summed E-state index contributed by atoms with van der Waals surface area (Å²) in [5.41, 5.74) is 0. The van der Waals surface area contributed by atoms with Gasteiger partial charge in [-0.1, -0.05) is 0 Å². The van der Waals surface area contributed by atoms with Gasteiger partial charge in [0.15, 0.2) is 0 Å². The van der Waals surface area contributed by atoms with Gasteiger partial charge in [0.25, 0.3) is 0 Å². The average Bonchev–Trinajstić information content (AvgIpc) is 2.88. The minimum atomic E-state index is -3.19. The lowest BCUT2D eigenvalue weighted by molar-refractivity contribution is -0.126. The van der Waals surface area contributed by atoms with Gasteiger partial charge in [0.05, 0.1) is 18.8 Å². The fraction of sp³-hybridized carbons (Fsp3) is 0.917. The summed E-state index contributed by atoms with van der Waals surface area (Å²) >= 11 is 0. The molecule has 2 aliphatic heterocycles. The van der Waals surface area contributed by atoms with Crippen molar-refractivity contribution in [3.63, 3.8) is 0 Å². The van der Waals surface area contributed by atoms with E-state index in [1.165, 1.54) is 10.6 Å². The number of amides is 1. The van der Waals surface area contributed by atoms with Crippen LogP contribution in [0.5, 0.6) is 0 Å². The zero-order valence-corrected chi connectivity index (χ0v) is 12.1. The molecule has 2 aliphatic rings. The first-order valence-corrected chi connectivity index (χ1v) is 8.62. The minimum Gasteiger partial charge on any atom is -0.381 e. The highest BCUT2D eigenvalue weighted by molar-refractivity contribution is 7.88. The average molecular weight is 290 g/mol. The third-order valence-electron chi connectivity index (χ3n) is 3.81. The monoisotopic (exact) mass is 290 g/mol. The molecular weight excluding hydrogens is 268 g/mol. The van der Waals surface area contributed by atoms with Crippen molar-refractivity contribution in [2.75, 3.05) is 39.1 Å². The van der Waals surface area contributed by atoms with E-state index in [2.05, 4.69) is 5.32 Å². The van der Waals surface area contributed by atoms with Crippen LogP contribution in [0.2, 0.25) is 0 Å². The molecule has 0 saturated carbocycles. The zero-order chi connectivity index (χ0) is 13.9. The Morgan fingerprint density at radius 3 is 2.84 bits per heavy atom. The second kappa shape index (κ2) is 6.19. The van der Waals surface area contributed by atoms with E-state index in [9.17, 15) is 13.2 Å². The van der Waals surface area contributed by atoms with E-state index in [1.807, 2.05) is 0 Å². The predicted molar refractivity (Wildman–Crippen MR) is 71.1 cm³/mol. The zero-order valence-electron chi connectivity index (χ0n) is 11.3. The van der Waals surface area contributed by atoms with Crippen LogP contribution in [0.15, 0.2) is 0 Å². The third kappa shape index (κ3) is 4.15. The number of sulfonamides is 1. The van der Waals surface area contributed by atoms with Crippen molar-refractivity contribution in [3.8, 4) is 0 Å². The molecule has 6 nitrogen and oxygen atoms in total. The summed E-state index contributed by atoms with van der Waals surface area (Å²) in [6.45, 7) is 2.95. The fourth-order valence-electron chi connectivity index (χ4n) is 2.59. The summed E-state index contributed by atoms with van der Waals surface area (Å²) in [6.07, 6.45) is 3.69. The van der Waals surface area contributed by atoms with Gasteiger partial charge in [0.2, 0.25) is 15.9 Å². The Morgan fingerprint density at radius 1 is 1.42 bits per heavy atom. The van der Waals surface area contributed by atoms with Crippen molar-refractivity contribution >= 4 is 15.9 Å². The highest BCUT2D eigenvalue weighted by Gasteiger charge is 2.30. The van der Waals surface area contributed by atoms with Crippen molar-refractivity contribution in [2.45, 2.75) is 19.3 Å². The molecule has 0 aromatic rings. The Labute approximate surface area is 114 Å². The number of hydrogen-bond acceptors (Lipinski definition) is 4. The van der Waals surface area contributed by atoms with Crippen molar-refractivity contribution in [1.82, 2.24) is 9.62 Å². The largest absolute Gasteiger partial charge is 0.381 e. The Balaban J connectivity index is 1.81. The molecule has 2 heterocycles. The van der Waals surface area contributed by atoms with Gasteiger partial charge in [-0.05, 0) is 19.3 Å². The van der Waals surface area contributed by atoms with Crippen LogP contribution in [0.4, 0.5) is 0 Å². The molecule has 0 bridgehead atoms. The Bertz CT molecular complexity index is 417. The van der Waals surface area contributed by atoms with Gasteiger partial charge in [-0.3, -0.25) is 4.79 Å². The summed E-state index contributed by atoms with van der Waals surface area (Å²) in [5.74, 6) is 0.157. The molecule has 0 radical (unpaired) electrons. The third-order valence-corrected chi connectivity index (χ3v) is 5.08. The van der Waals surface area contributed by atoms with Gasteiger partial charge in [-0.15, -0.1) is 0 Å². The second-order valence-electron chi connectivity index (χ2n) is 5.43. The Morgan fingerprint density at radius 2 is 2.21 bits per heavy atom. The first-order chi connectivity index (χ1) is 8.97. The molecule has 110 valence electrons. The number of carbonyl (C=O) groups is 1. The van der Waals surface area contributed by atoms with Gasteiger partial charge >= 0.3 is 0 Å². The lowest BCUT2D eigenvalue weighted by Gasteiger charge is -2.30. The normalized spacial score (nSPS) is 29.3. The molecule has 2 fully saturated rings. The van der Waals surface area contributed by atoms with Crippen LogP contribution in [0.25, 0.3) is 0 Å². The van der Waals surface area contributed by atoms with Crippen LogP contribution in [-0.4, -0.2) is 57.7 Å². The van der Waals surface area contributed by atoms with Crippen molar-refractivity contribution < 1.29 is 17.9 Å². The van der Waals surface area contributed by atoms with Crippen LogP contribution in [0.1, 0.15) is 19.3 Å². The van der Waals surface area contributed by atoms with Crippen LogP contribution >= 0.6 is 0 Å². The molecule has 0 aromatic heterocycles. The molecule has 1 amide bonds. The highest BCUT2D eigenvalue weighted by Crippen LogP contribution is 2.19. The maximum atomic E-state index is 12.1. The summed E-state index contributed by atoms with van der Waals surface area (Å²) in [7, 11) is -3.19. The molecule has 2 unspecified atom stereocenters. The van der Waals surface area contributed by atoms with Gasteiger partial charge in [0, 0.05) is 32.2 Å².